The highest BCUT2D eigenvalue weighted by molar-refractivity contribution is 14.0. The summed E-state index contributed by atoms with van der Waals surface area (Å²) in [6.07, 6.45) is 1.58. The summed E-state index contributed by atoms with van der Waals surface area (Å²) in [5.74, 6) is 0.971. The maximum Gasteiger partial charge on any atom is 0.214 e. The zero-order valence-corrected chi connectivity index (χ0v) is 18.3. The predicted molar refractivity (Wildman–Crippen MR) is 115 cm³/mol. The molecule has 0 atom stereocenters. The first-order valence-electron chi connectivity index (χ1n) is 8.25. The van der Waals surface area contributed by atoms with Crippen LogP contribution in [0.2, 0.25) is 5.02 Å². The Kier molecular flexibility index (Phi) is 10.1. The van der Waals surface area contributed by atoms with Crippen LogP contribution >= 0.6 is 35.6 Å². The van der Waals surface area contributed by atoms with Gasteiger partial charge in [-0.3, -0.25) is 4.99 Å². The van der Waals surface area contributed by atoms with Crippen LogP contribution in [-0.2, 0) is 16.4 Å². The highest BCUT2D eigenvalue weighted by atomic mass is 127. The molecule has 1 aromatic rings. The maximum absolute atomic E-state index is 11.8. The molecule has 1 aromatic carbocycles. The molecule has 1 fully saturated rings. The molecule has 0 saturated carbocycles. The Morgan fingerprint density at radius 1 is 1.28 bits per heavy atom. The summed E-state index contributed by atoms with van der Waals surface area (Å²) in [4.78, 5) is 4.46. The van der Waals surface area contributed by atoms with E-state index in [4.69, 9.17) is 11.6 Å². The maximum atomic E-state index is 11.8. The third kappa shape index (κ3) is 7.67. The largest absolute Gasteiger partial charge is 0.357 e. The summed E-state index contributed by atoms with van der Waals surface area (Å²) in [6, 6.07) is 7.78. The molecule has 0 aromatic heterocycles. The van der Waals surface area contributed by atoms with Gasteiger partial charge in [-0.1, -0.05) is 23.7 Å². The topological polar surface area (TPSA) is 73.8 Å². The van der Waals surface area contributed by atoms with Crippen LogP contribution in [0.15, 0.2) is 29.3 Å². The van der Waals surface area contributed by atoms with Crippen molar-refractivity contribution >= 4 is 51.6 Å². The van der Waals surface area contributed by atoms with E-state index < -0.39 is 10.0 Å². The molecular formula is C16H26ClIN4O2S. The summed E-state index contributed by atoms with van der Waals surface area (Å²) in [5.41, 5.74) is 1.20. The highest BCUT2D eigenvalue weighted by Crippen LogP contribution is 2.12. The zero-order chi connectivity index (χ0) is 17.4. The van der Waals surface area contributed by atoms with Gasteiger partial charge in [0.25, 0.3) is 0 Å². The number of benzene rings is 1. The first-order chi connectivity index (χ1) is 11.5. The summed E-state index contributed by atoms with van der Waals surface area (Å²) in [6.45, 7) is 5.01. The van der Waals surface area contributed by atoms with Gasteiger partial charge in [-0.2, -0.15) is 0 Å². The average Bonchev–Trinajstić information content (AvgIpc) is 2.88. The number of rotatable bonds is 7. The number of hydrogen-bond donors (Lipinski definition) is 2. The lowest BCUT2D eigenvalue weighted by Crippen LogP contribution is -2.39. The van der Waals surface area contributed by atoms with E-state index in [9.17, 15) is 8.42 Å². The van der Waals surface area contributed by atoms with Crippen LogP contribution in [-0.4, -0.2) is 57.2 Å². The molecule has 1 aliphatic heterocycles. The van der Waals surface area contributed by atoms with Gasteiger partial charge in [0.2, 0.25) is 10.0 Å². The van der Waals surface area contributed by atoms with Gasteiger partial charge in [0.05, 0.1) is 12.3 Å². The number of nitrogens with one attached hydrogen (secondary N) is 2. The first-order valence-corrected chi connectivity index (χ1v) is 10.2. The number of nitrogens with zero attached hydrogens (tertiary/aromatic N) is 2. The van der Waals surface area contributed by atoms with E-state index in [0.29, 0.717) is 32.0 Å². The Morgan fingerprint density at radius 3 is 2.60 bits per heavy atom. The Morgan fingerprint density at radius 2 is 2.00 bits per heavy atom. The van der Waals surface area contributed by atoms with Crippen molar-refractivity contribution < 1.29 is 8.42 Å². The smallest absolute Gasteiger partial charge is 0.214 e. The lowest BCUT2D eigenvalue weighted by molar-refractivity contribution is 0.452. The third-order valence-corrected chi connectivity index (χ3v) is 5.99. The lowest BCUT2D eigenvalue weighted by Gasteiger charge is -2.14. The van der Waals surface area contributed by atoms with Crippen molar-refractivity contribution in [2.75, 3.05) is 38.5 Å². The van der Waals surface area contributed by atoms with Gasteiger partial charge in [-0.05, 0) is 37.5 Å². The van der Waals surface area contributed by atoms with Crippen LogP contribution in [0.25, 0.3) is 0 Å². The molecule has 142 valence electrons. The van der Waals surface area contributed by atoms with E-state index in [1.165, 1.54) is 9.87 Å². The number of guanidine groups is 1. The summed E-state index contributed by atoms with van der Waals surface area (Å²) in [7, 11) is -3.04. The van der Waals surface area contributed by atoms with E-state index in [-0.39, 0.29) is 29.7 Å². The van der Waals surface area contributed by atoms with Crippen molar-refractivity contribution in [2.24, 2.45) is 4.99 Å². The van der Waals surface area contributed by atoms with Gasteiger partial charge in [0.15, 0.2) is 5.96 Å². The third-order valence-electron chi connectivity index (χ3n) is 3.79. The van der Waals surface area contributed by atoms with Crippen LogP contribution < -0.4 is 10.6 Å². The molecule has 2 N–H and O–H groups in total. The van der Waals surface area contributed by atoms with Crippen molar-refractivity contribution in [3.63, 3.8) is 0 Å². The van der Waals surface area contributed by atoms with E-state index in [2.05, 4.69) is 15.6 Å². The van der Waals surface area contributed by atoms with Gasteiger partial charge in [0.1, 0.15) is 0 Å². The van der Waals surface area contributed by atoms with Crippen LogP contribution in [0.3, 0.4) is 0 Å². The molecule has 0 spiro atoms. The second kappa shape index (κ2) is 11.2. The normalized spacial score (nSPS) is 17.1. The van der Waals surface area contributed by atoms with E-state index in [0.717, 1.165) is 24.5 Å². The van der Waals surface area contributed by atoms with Gasteiger partial charge in [-0.25, -0.2) is 12.7 Å². The minimum absolute atomic E-state index is 0. The number of hydrogen-bond acceptors (Lipinski definition) is 3. The Labute approximate surface area is 172 Å². The molecule has 0 amide bonds. The van der Waals surface area contributed by atoms with Gasteiger partial charge >= 0.3 is 0 Å². The molecule has 0 radical (unpaired) electrons. The van der Waals surface area contributed by atoms with E-state index in [1.807, 2.05) is 31.2 Å². The number of halogens is 2. The molecule has 9 heteroatoms. The van der Waals surface area contributed by atoms with Crippen LogP contribution in [0.5, 0.6) is 0 Å². The molecule has 25 heavy (non-hydrogen) atoms. The zero-order valence-electron chi connectivity index (χ0n) is 14.4. The predicted octanol–water partition coefficient (Wildman–Crippen LogP) is 2.09. The molecule has 0 unspecified atom stereocenters. The van der Waals surface area contributed by atoms with Crippen LogP contribution in [0.4, 0.5) is 0 Å². The van der Waals surface area contributed by atoms with Crippen molar-refractivity contribution in [1.82, 2.24) is 14.9 Å². The number of aliphatic imine (C=N–C) groups is 1. The van der Waals surface area contributed by atoms with Crippen molar-refractivity contribution in [2.45, 2.75) is 19.8 Å². The van der Waals surface area contributed by atoms with Crippen molar-refractivity contribution in [3.05, 3.63) is 34.9 Å². The molecule has 6 nitrogen and oxygen atoms in total. The Bertz CT molecular complexity index is 653. The quantitative estimate of drug-likeness (QED) is 0.342. The second-order valence-corrected chi connectivity index (χ2v) is 8.16. The van der Waals surface area contributed by atoms with Crippen molar-refractivity contribution in [1.29, 1.82) is 0 Å². The highest BCUT2D eigenvalue weighted by Gasteiger charge is 2.27. The Hall–Kier alpha value is -0.580. The first kappa shape index (κ1) is 22.5. The molecule has 0 aliphatic carbocycles. The fraction of sp³-hybridized carbons (Fsp3) is 0.562. The minimum atomic E-state index is -3.04. The second-order valence-electron chi connectivity index (χ2n) is 5.63. The fourth-order valence-corrected chi connectivity index (χ4v) is 4.18. The monoisotopic (exact) mass is 500 g/mol. The summed E-state index contributed by atoms with van der Waals surface area (Å²) >= 11 is 5.88. The molecule has 1 aliphatic rings. The van der Waals surface area contributed by atoms with Crippen LogP contribution in [0, 0.1) is 0 Å². The Balaban J connectivity index is 0.00000312. The fourth-order valence-electron chi connectivity index (χ4n) is 2.53. The lowest BCUT2D eigenvalue weighted by atomic mass is 10.1. The molecule has 0 bridgehead atoms. The minimum Gasteiger partial charge on any atom is -0.357 e. The average molecular weight is 501 g/mol. The van der Waals surface area contributed by atoms with Gasteiger partial charge in [-0.15, -0.1) is 24.0 Å². The summed E-state index contributed by atoms with van der Waals surface area (Å²) < 4.78 is 25.0. The van der Waals surface area contributed by atoms with Crippen molar-refractivity contribution in [3.8, 4) is 0 Å². The van der Waals surface area contributed by atoms with Crippen LogP contribution in [0.1, 0.15) is 18.9 Å². The molecular weight excluding hydrogens is 475 g/mol. The van der Waals surface area contributed by atoms with E-state index in [1.54, 1.807) is 0 Å². The molecule has 1 saturated heterocycles. The van der Waals surface area contributed by atoms with Gasteiger partial charge < -0.3 is 10.6 Å². The van der Waals surface area contributed by atoms with E-state index >= 15 is 0 Å². The molecule has 2 rings (SSSR count). The number of sulfonamides is 1. The van der Waals surface area contributed by atoms with Gasteiger partial charge in [0, 0.05) is 31.2 Å². The summed E-state index contributed by atoms with van der Waals surface area (Å²) in [5, 5.41) is 7.18. The molecule has 1 heterocycles. The SMILES string of the molecule is CCNC(=NCCN1CCCS1(=O)=O)NCCc1ccc(Cl)cc1.I. The standard InChI is InChI=1S/C16H25ClN4O2S.HI/c1-2-18-16(19-9-8-14-4-6-15(17)7-5-14)20-10-12-21-11-3-13-24(21,22)23;/h4-7H,2-3,8-13H2,1H3,(H2,18,19,20);1H.